The molecule has 0 spiro atoms. The summed E-state index contributed by atoms with van der Waals surface area (Å²) < 4.78 is 0. The quantitative estimate of drug-likeness (QED) is 0.769. The van der Waals surface area contributed by atoms with E-state index in [0.29, 0.717) is 0 Å². The Hall–Kier alpha value is -1.28. The van der Waals surface area contributed by atoms with Crippen molar-refractivity contribution >= 4 is 5.69 Å². The molecule has 0 aliphatic carbocycles. The van der Waals surface area contributed by atoms with Crippen molar-refractivity contribution in [1.29, 1.82) is 0 Å². The summed E-state index contributed by atoms with van der Waals surface area (Å²) in [5.74, 6) is 0. The fraction of sp³-hybridized carbons (Fsp3) is 0.429. The Morgan fingerprint density at radius 3 is 2.62 bits per heavy atom. The Bertz CT molecular complexity index is 358. The van der Waals surface area contributed by atoms with Crippen LogP contribution in [-0.4, -0.2) is 13.6 Å². The summed E-state index contributed by atoms with van der Waals surface area (Å²) in [4.78, 5) is 2.20. The van der Waals surface area contributed by atoms with Crippen molar-refractivity contribution in [2.75, 3.05) is 18.5 Å². The lowest BCUT2D eigenvalue weighted by atomic mass is 10.0. The van der Waals surface area contributed by atoms with Crippen LogP contribution in [0, 0.1) is 0 Å². The lowest BCUT2D eigenvalue weighted by Gasteiger charge is -2.24. The lowest BCUT2D eigenvalue weighted by Crippen LogP contribution is -2.22. The minimum Gasteiger partial charge on any atom is -0.370 e. The summed E-state index contributed by atoms with van der Waals surface area (Å²) in [6.07, 6.45) is 0.956. The lowest BCUT2D eigenvalue weighted by molar-refractivity contribution is 0.696. The smallest absolute Gasteiger partial charge is 0.0414 e. The first-order valence-corrected chi connectivity index (χ1v) is 5.76. The van der Waals surface area contributed by atoms with E-state index in [4.69, 9.17) is 5.73 Å². The van der Waals surface area contributed by atoms with Gasteiger partial charge in [0.25, 0.3) is 0 Å². The van der Waals surface area contributed by atoms with Crippen LogP contribution in [-0.2, 0) is 0 Å². The third-order valence-electron chi connectivity index (χ3n) is 2.69. The van der Waals surface area contributed by atoms with Crippen LogP contribution >= 0.6 is 0 Å². The van der Waals surface area contributed by atoms with E-state index in [1.54, 1.807) is 0 Å². The Labute approximate surface area is 98.8 Å². The second-order valence-electron chi connectivity index (χ2n) is 4.39. The molecule has 2 N–H and O–H groups in total. The zero-order chi connectivity index (χ0) is 12.1. The van der Waals surface area contributed by atoms with E-state index >= 15 is 0 Å². The summed E-state index contributed by atoms with van der Waals surface area (Å²) >= 11 is 0. The van der Waals surface area contributed by atoms with Crippen LogP contribution in [0.5, 0.6) is 0 Å². The van der Waals surface area contributed by atoms with Crippen LogP contribution in [0.15, 0.2) is 36.4 Å². The number of likely N-dealkylation sites (N-methyl/N-ethyl adjacent to an activating group) is 1. The Morgan fingerprint density at radius 2 is 2.06 bits per heavy atom. The number of para-hydroxylation sites is 1. The van der Waals surface area contributed by atoms with Crippen molar-refractivity contribution in [2.24, 2.45) is 5.73 Å². The van der Waals surface area contributed by atoms with Gasteiger partial charge in [0.1, 0.15) is 0 Å². The average Bonchev–Trinajstić information content (AvgIpc) is 2.27. The van der Waals surface area contributed by atoms with Gasteiger partial charge >= 0.3 is 0 Å². The molecule has 0 saturated heterocycles. The van der Waals surface area contributed by atoms with Crippen molar-refractivity contribution in [1.82, 2.24) is 0 Å². The molecule has 2 heteroatoms. The molecular weight excluding hydrogens is 196 g/mol. The van der Waals surface area contributed by atoms with Crippen molar-refractivity contribution in [2.45, 2.75) is 26.3 Å². The van der Waals surface area contributed by atoms with Crippen LogP contribution in [0.2, 0.25) is 0 Å². The van der Waals surface area contributed by atoms with Gasteiger partial charge in [0.2, 0.25) is 0 Å². The Kier molecular flexibility index (Phi) is 4.56. The zero-order valence-corrected chi connectivity index (χ0v) is 10.5. The Balaban J connectivity index is 2.98. The van der Waals surface area contributed by atoms with Gasteiger partial charge in [0.05, 0.1) is 0 Å². The van der Waals surface area contributed by atoms with Gasteiger partial charge < -0.3 is 10.6 Å². The molecule has 0 unspecified atom stereocenters. The largest absolute Gasteiger partial charge is 0.370 e. The van der Waals surface area contributed by atoms with Crippen molar-refractivity contribution in [3.63, 3.8) is 0 Å². The molecule has 1 atom stereocenters. The summed E-state index contributed by atoms with van der Waals surface area (Å²) in [5, 5.41) is 0. The standard InChI is InChI=1S/C14H22N2/c1-5-13(15)12-8-6-7-9-14(12)16(4)10-11(2)3/h6-9,13H,2,5,10,15H2,1,3-4H3/t13-/m0/s1. The summed E-state index contributed by atoms with van der Waals surface area (Å²) in [6.45, 7) is 8.96. The van der Waals surface area contributed by atoms with E-state index < -0.39 is 0 Å². The molecule has 0 radical (unpaired) electrons. The molecule has 2 nitrogen and oxygen atoms in total. The maximum absolute atomic E-state index is 6.11. The first kappa shape index (κ1) is 12.8. The van der Waals surface area contributed by atoms with Crippen LogP contribution in [0.4, 0.5) is 5.69 Å². The highest BCUT2D eigenvalue weighted by molar-refractivity contribution is 5.55. The molecular formula is C14H22N2. The average molecular weight is 218 g/mol. The molecule has 16 heavy (non-hydrogen) atoms. The third kappa shape index (κ3) is 3.11. The predicted octanol–water partition coefficient (Wildman–Crippen LogP) is 3.11. The maximum Gasteiger partial charge on any atom is 0.0414 e. The topological polar surface area (TPSA) is 29.3 Å². The highest BCUT2D eigenvalue weighted by Gasteiger charge is 2.11. The summed E-state index contributed by atoms with van der Waals surface area (Å²) in [6, 6.07) is 8.44. The van der Waals surface area contributed by atoms with E-state index in [9.17, 15) is 0 Å². The number of hydrogen-bond donors (Lipinski definition) is 1. The van der Waals surface area contributed by atoms with Gasteiger partial charge in [-0.2, -0.15) is 0 Å². The van der Waals surface area contributed by atoms with Gasteiger partial charge in [0.15, 0.2) is 0 Å². The molecule has 1 aromatic carbocycles. The molecule has 0 aliphatic heterocycles. The normalized spacial score (nSPS) is 12.2. The maximum atomic E-state index is 6.11. The first-order valence-electron chi connectivity index (χ1n) is 5.76. The van der Waals surface area contributed by atoms with Crippen molar-refractivity contribution in [3.8, 4) is 0 Å². The van der Waals surface area contributed by atoms with Crippen LogP contribution in [0.25, 0.3) is 0 Å². The van der Waals surface area contributed by atoms with Gasteiger partial charge in [-0.1, -0.05) is 37.3 Å². The summed E-state index contributed by atoms with van der Waals surface area (Å²) in [5.41, 5.74) is 9.69. The first-order chi connectivity index (χ1) is 7.56. The minimum atomic E-state index is 0.115. The second kappa shape index (κ2) is 5.71. The molecule has 0 bridgehead atoms. The van der Waals surface area contributed by atoms with E-state index in [2.05, 4.69) is 43.6 Å². The van der Waals surface area contributed by atoms with Crippen molar-refractivity contribution < 1.29 is 0 Å². The molecule has 1 aromatic rings. The molecule has 0 heterocycles. The number of benzene rings is 1. The third-order valence-corrected chi connectivity index (χ3v) is 2.69. The zero-order valence-electron chi connectivity index (χ0n) is 10.5. The molecule has 1 rings (SSSR count). The fourth-order valence-electron chi connectivity index (χ4n) is 1.86. The monoisotopic (exact) mass is 218 g/mol. The van der Waals surface area contributed by atoms with Gasteiger partial charge in [-0.3, -0.25) is 0 Å². The molecule has 0 saturated carbocycles. The summed E-state index contributed by atoms with van der Waals surface area (Å²) in [7, 11) is 2.08. The SMILES string of the molecule is C=C(C)CN(C)c1ccccc1[C@@H](N)CC. The van der Waals surface area contributed by atoms with Crippen LogP contribution in [0.1, 0.15) is 31.9 Å². The molecule has 88 valence electrons. The highest BCUT2D eigenvalue weighted by atomic mass is 15.1. The van der Waals surface area contributed by atoms with Crippen molar-refractivity contribution in [3.05, 3.63) is 42.0 Å². The number of hydrogen-bond acceptors (Lipinski definition) is 2. The fourth-order valence-corrected chi connectivity index (χ4v) is 1.86. The molecule has 0 aliphatic rings. The number of nitrogens with two attached hydrogens (primary N) is 1. The van der Waals surface area contributed by atoms with Gasteiger partial charge in [-0.15, -0.1) is 0 Å². The van der Waals surface area contributed by atoms with Gasteiger partial charge in [-0.25, -0.2) is 0 Å². The molecule has 0 fully saturated rings. The Morgan fingerprint density at radius 1 is 1.44 bits per heavy atom. The van der Waals surface area contributed by atoms with Crippen LogP contribution < -0.4 is 10.6 Å². The number of rotatable bonds is 5. The second-order valence-corrected chi connectivity index (χ2v) is 4.39. The van der Waals surface area contributed by atoms with E-state index in [1.807, 2.05) is 13.0 Å². The van der Waals surface area contributed by atoms with Gasteiger partial charge in [-0.05, 0) is 25.0 Å². The van der Waals surface area contributed by atoms with E-state index in [-0.39, 0.29) is 6.04 Å². The minimum absolute atomic E-state index is 0.115. The highest BCUT2D eigenvalue weighted by Crippen LogP contribution is 2.26. The molecule has 0 aromatic heterocycles. The van der Waals surface area contributed by atoms with Crippen LogP contribution in [0.3, 0.4) is 0 Å². The predicted molar refractivity (Wildman–Crippen MR) is 71.7 cm³/mol. The van der Waals surface area contributed by atoms with E-state index in [0.717, 1.165) is 18.5 Å². The van der Waals surface area contributed by atoms with E-state index in [1.165, 1.54) is 11.3 Å². The number of anilines is 1. The molecule has 0 amide bonds. The van der Waals surface area contributed by atoms with Gasteiger partial charge in [0, 0.05) is 25.3 Å². The number of nitrogens with zero attached hydrogens (tertiary/aromatic N) is 1.